The monoisotopic (exact) mass is 388 g/mol. The first-order valence-corrected chi connectivity index (χ1v) is 9.18. The normalized spacial score (nSPS) is 17.6. The summed E-state index contributed by atoms with van der Waals surface area (Å²) in [5.41, 5.74) is 5.15. The van der Waals surface area contributed by atoms with E-state index in [4.69, 9.17) is 4.74 Å². The van der Waals surface area contributed by atoms with E-state index in [0.29, 0.717) is 5.69 Å². The van der Waals surface area contributed by atoms with Crippen molar-refractivity contribution in [3.8, 4) is 16.9 Å². The lowest BCUT2D eigenvalue weighted by molar-refractivity contribution is -0.118. The van der Waals surface area contributed by atoms with Crippen molar-refractivity contribution in [3.05, 3.63) is 71.8 Å². The van der Waals surface area contributed by atoms with Gasteiger partial charge in [0.05, 0.1) is 25.0 Å². The van der Waals surface area contributed by atoms with Crippen molar-refractivity contribution in [1.29, 1.82) is 0 Å². The number of hydrogen-bond donors (Lipinski definition) is 1. The predicted molar refractivity (Wildman–Crippen MR) is 108 cm³/mol. The largest absolute Gasteiger partial charge is 0.494 e. The van der Waals surface area contributed by atoms with Gasteiger partial charge in [0.2, 0.25) is 5.91 Å². The lowest BCUT2D eigenvalue weighted by Crippen LogP contribution is -2.39. The van der Waals surface area contributed by atoms with Crippen LogP contribution in [0, 0.1) is 5.82 Å². The van der Waals surface area contributed by atoms with Crippen LogP contribution in [-0.4, -0.2) is 29.4 Å². The van der Waals surface area contributed by atoms with Crippen molar-refractivity contribution in [2.45, 2.75) is 12.5 Å². The average molecular weight is 388 g/mol. The number of aromatic nitrogens is 2. The number of anilines is 1. The quantitative estimate of drug-likeness (QED) is 0.725. The third-order valence-electron chi connectivity index (χ3n) is 5.27. The highest BCUT2D eigenvalue weighted by atomic mass is 19.1. The molecule has 0 bridgehead atoms. The minimum atomic E-state index is -0.468. The molecule has 1 atom stereocenters. The Morgan fingerprint density at radius 2 is 2.10 bits per heavy atom. The second-order valence-corrected chi connectivity index (χ2v) is 6.91. The highest BCUT2D eigenvalue weighted by Crippen LogP contribution is 2.44. The first-order chi connectivity index (χ1) is 14.2. The molecule has 6 nitrogen and oxygen atoms in total. The van der Waals surface area contributed by atoms with E-state index >= 15 is 0 Å². The molecule has 7 heteroatoms. The number of aliphatic imine (C=N–C) groups is 1. The van der Waals surface area contributed by atoms with Crippen molar-refractivity contribution in [1.82, 2.24) is 10.2 Å². The van der Waals surface area contributed by atoms with Crippen LogP contribution >= 0.6 is 0 Å². The molecule has 2 aromatic carbocycles. The van der Waals surface area contributed by atoms with Gasteiger partial charge in [0.1, 0.15) is 0 Å². The number of benzene rings is 2. The Hall–Kier alpha value is -3.74. The summed E-state index contributed by atoms with van der Waals surface area (Å²) in [5, 5.41) is 6.83. The van der Waals surface area contributed by atoms with E-state index in [1.807, 2.05) is 30.5 Å². The smallest absolute Gasteiger partial charge is 0.231 e. The fourth-order valence-corrected chi connectivity index (χ4v) is 3.87. The van der Waals surface area contributed by atoms with Gasteiger partial charge in [-0.1, -0.05) is 12.1 Å². The molecule has 2 aliphatic heterocycles. The van der Waals surface area contributed by atoms with Crippen molar-refractivity contribution in [2.75, 3.05) is 12.0 Å². The Morgan fingerprint density at radius 3 is 2.90 bits per heavy atom. The van der Waals surface area contributed by atoms with E-state index in [-0.39, 0.29) is 24.1 Å². The number of ether oxygens (including phenoxy) is 1. The minimum absolute atomic E-state index is 0.0672. The van der Waals surface area contributed by atoms with Crippen LogP contribution < -0.4 is 9.64 Å². The van der Waals surface area contributed by atoms with Gasteiger partial charge in [0.15, 0.2) is 11.6 Å². The molecule has 2 aliphatic rings. The number of nitrogens with zero attached hydrogens (tertiary/aromatic N) is 3. The molecule has 1 unspecified atom stereocenters. The Labute approximate surface area is 166 Å². The van der Waals surface area contributed by atoms with E-state index < -0.39 is 5.82 Å². The fraction of sp³-hybridized carbons (Fsp3) is 0.136. The zero-order valence-electron chi connectivity index (χ0n) is 15.6. The maximum absolute atomic E-state index is 13.9. The topological polar surface area (TPSA) is 70.6 Å². The van der Waals surface area contributed by atoms with Gasteiger partial charge in [-0.3, -0.25) is 14.9 Å². The zero-order valence-corrected chi connectivity index (χ0v) is 15.6. The number of aromatic amines is 1. The molecular weight excluding hydrogens is 371 g/mol. The van der Waals surface area contributed by atoms with Crippen LogP contribution in [0.25, 0.3) is 11.1 Å². The number of H-pyrrole nitrogens is 1. The van der Waals surface area contributed by atoms with Gasteiger partial charge in [0.25, 0.3) is 0 Å². The highest BCUT2D eigenvalue weighted by molar-refractivity contribution is 6.02. The summed E-state index contributed by atoms with van der Waals surface area (Å²) in [6, 6.07) is 10.1. The Bertz CT molecular complexity index is 1170. The standard InChI is InChI=1S/C22H17FN4O2/c1-29-20-9-16(4-5-18(20)23)27-21(28)7-3-14-10-24-19-6-2-13(8-17(19)22(14)27)15-11-25-26-12-15/h2-6,8-12,22H,7H2,1H3,(H,25,26). The molecule has 0 spiro atoms. The SMILES string of the molecule is COc1cc(N2C(=O)CC=C3C=Nc4ccc(-c5cn[nH]c5)cc4C32)ccc1F. The molecule has 1 aromatic heterocycles. The van der Waals surface area contributed by atoms with Crippen LogP contribution in [0.2, 0.25) is 0 Å². The molecule has 0 saturated carbocycles. The lowest BCUT2D eigenvalue weighted by atomic mass is 9.88. The number of fused-ring (bicyclic) bond motifs is 3. The number of rotatable bonds is 3. The highest BCUT2D eigenvalue weighted by Gasteiger charge is 2.36. The number of carbonyl (C=O) groups is 1. The van der Waals surface area contributed by atoms with Gasteiger partial charge < -0.3 is 9.64 Å². The molecule has 0 fully saturated rings. The maximum atomic E-state index is 13.9. The van der Waals surface area contributed by atoms with Crippen LogP contribution in [0.1, 0.15) is 18.0 Å². The van der Waals surface area contributed by atoms with E-state index in [1.165, 1.54) is 13.2 Å². The summed E-state index contributed by atoms with van der Waals surface area (Å²) in [6.45, 7) is 0. The van der Waals surface area contributed by atoms with Crippen molar-refractivity contribution in [2.24, 2.45) is 4.99 Å². The first kappa shape index (κ1) is 17.4. The fourth-order valence-electron chi connectivity index (χ4n) is 3.87. The molecule has 29 heavy (non-hydrogen) atoms. The molecule has 1 N–H and O–H groups in total. The third-order valence-corrected chi connectivity index (χ3v) is 5.27. The van der Waals surface area contributed by atoms with Crippen molar-refractivity contribution >= 4 is 23.5 Å². The van der Waals surface area contributed by atoms with Crippen LogP contribution in [0.4, 0.5) is 15.8 Å². The molecule has 0 aliphatic carbocycles. The van der Waals surface area contributed by atoms with Gasteiger partial charge in [0, 0.05) is 41.7 Å². The number of nitrogens with one attached hydrogen (secondary N) is 1. The molecule has 0 saturated heterocycles. The van der Waals surface area contributed by atoms with Crippen LogP contribution in [0.15, 0.2) is 65.4 Å². The Balaban J connectivity index is 1.67. The van der Waals surface area contributed by atoms with E-state index in [1.54, 1.807) is 29.4 Å². The summed E-state index contributed by atoms with van der Waals surface area (Å²) < 4.78 is 19.1. The van der Waals surface area contributed by atoms with Gasteiger partial charge >= 0.3 is 0 Å². The van der Waals surface area contributed by atoms with E-state index in [2.05, 4.69) is 15.2 Å². The van der Waals surface area contributed by atoms with Crippen molar-refractivity contribution < 1.29 is 13.9 Å². The summed E-state index contributed by atoms with van der Waals surface area (Å²) in [5.74, 6) is -0.435. The number of carbonyl (C=O) groups excluding carboxylic acids is 1. The van der Waals surface area contributed by atoms with Gasteiger partial charge in [-0.15, -0.1) is 0 Å². The zero-order chi connectivity index (χ0) is 20.0. The Morgan fingerprint density at radius 1 is 1.21 bits per heavy atom. The molecule has 0 radical (unpaired) electrons. The molecular formula is C22H17FN4O2. The molecule has 3 heterocycles. The number of halogens is 1. The first-order valence-electron chi connectivity index (χ1n) is 9.18. The molecule has 144 valence electrons. The van der Waals surface area contributed by atoms with Gasteiger partial charge in [-0.25, -0.2) is 4.39 Å². The number of methoxy groups -OCH3 is 1. The summed E-state index contributed by atoms with van der Waals surface area (Å²) in [6.07, 6.45) is 7.53. The second kappa shape index (κ2) is 6.70. The van der Waals surface area contributed by atoms with Crippen LogP contribution in [-0.2, 0) is 4.79 Å². The van der Waals surface area contributed by atoms with E-state index in [0.717, 1.165) is 28.0 Å². The summed E-state index contributed by atoms with van der Waals surface area (Å²) in [7, 11) is 1.41. The second-order valence-electron chi connectivity index (χ2n) is 6.91. The third kappa shape index (κ3) is 2.82. The molecule has 5 rings (SSSR count). The number of amides is 1. The van der Waals surface area contributed by atoms with Gasteiger partial charge in [-0.05, 0) is 35.4 Å². The number of hydrogen-bond acceptors (Lipinski definition) is 4. The molecule has 3 aromatic rings. The van der Waals surface area contributed by atoms with Gasteiger partial charge in [-0.2, -0.15) is 5.10 Å². The Kier molecular flexibility index (Phi) is 4.01. The lowest BCUT2D eigenvalue weighted by Gasteiger charge is -2.38. The summed E-state index contributed by atoms with van der Waals surface area (Å²) in [4.78, 5) is 19.2. The molecule has 1 amide bonds. The van der Waals surface area contributed by atoms with E-state index in [9.17, 15) is 9.18 Å². The average Bonchev–Trinajstić information content (AvgIpc) is 3.29. The predicted octanol–water partition coefficient (Wildman–Crippen LogP) is 4.34. The van der Waals surface area contributed by atoms with Crippen LogP contribution in [0.5, 0.6) is 5.75 Å². The maximum Gasteiger partial charge on any atom is 0.231 e. The van der Waals surface area contributed by atoms with Crippen LogP contribution in [0.3, 0.4) is 0 Å². The minimum Gasteiger partial charge on any atom is -0.494 e. The van der Waals surface area contributed by atoms with Crippen molar-refractivity contribution in [3.63, 3.8) is 0 Å². The summed E-state index contributed by atoms with van der Waals surface area (Å²) >= 11 is 0.